The molecule has 5 heterocycles. The molecular weight excluding hydrogens is 480 g/mol. The van der Waals surface area contributed by atoms with E-state index in [4.69, 9.17) is 17.2 Å². The van der Waals surface area contributed by atoms with Gasteiger partial charge in [-0.05, 0) is 50.8 Å². The number of thioether (sulfide) groups is 1. The monoisotopic (exact) mass is 504 g/mol. The summed E-state index contributed by atoms with van der Waals surface area (Å²) in [7, 11) is -3.17. The van der Waals surface area contributed by atoms with Crippen LogP contribution >= 0.6 is 24.0 Å². The van der Waals surface area contributed by atoms with Gasteiger partial charge in [0.25, 0.3) is 11.5 Å². The average molecular weight is 505 g/mol. The van der Waals surface area contributed by atoms with Gasteiger partial charge in [-0.2, -0.15) is 0 Å². The zero-order valence-electron chi connectivity index (χ0n) is 18.1. The van der Waals surface area contributed by atoms with E-state index in [0.717, 1.165) is 37.6 Å². The van der Waals surface area contributed by atoms with E-state index < -0.39 is 15.9 Å². The summed E-state index contributed by atoms with van der Waals surface area (Å²) >= 11 is 6.55. The van der Waals surface area contributed by atoms with Gasteiger partial charge in [-0.25, -0.2) is 13.4 Å². The van der Waals surface area contributed by atoms with Crippen molar-refractivity contribution >= 4 is 61.6 Å². The maximum atomic E-state index is 13.5. The summed E-state index contributed by atoms with van der Waals surface area (Å²) < 4.78 is 25.7. The molecule has 5 rings (SSSR count). The van der Waals surface area contributed by atoms with Gasteiger partial charge in [-0.15, -0.1) is 0 Å². The lowest BCUT2D eigenvalue weighted by molar-refractivity contribution is -0.123. The maximum absolute atomic E-state index is 13.5. The smallest absolute Gasteiger partial charge is 0.267 e. The van der Waals surface area contributed by atoms with Crippen molar-refractivity contribution in [2.45, 2.75) is 44.7 Å². The largest absolute Gasteiger partial charge is 0.353 e. The number of anilines is 1. The molecule has 2 atom stereocenters. The first kappa shape index (κ1) is 22.5. The van der Waals surface area contributed by atoms with E-state index in [-0.39, 0.29) is 29.0 Å². The molecule has 0 N–H and O–H groups in total. The summed E-state index contributed by atoms with van der Waals surface area (Å²) in [5.74, 6) is 0.207. The van der Waals surface area contributed by atoms with Crippen molar-refractivity contribution in [3.05, 3.63) is 45.2 Å². The lowest BCUT2D eigenvalue weighted by atomic mass is 10.0. The normalized spacial score (nSPS) is 26.6. The number of pyridine rings is 1. The van der Waals surface area contributed by atoms with Gasteiger partial charge in [-0.3, -0.25) is 18.9 Å². The van der Waals surface area contributed by atoms with Crippen molar-refractivity contribution in [1.29, 1.82) is 0 Å². The van der Waals surface area contributed by atoms with Crippen LogP contribution in [0.25, 0.3) is 11.7 Å². The van der Waals surface area contributed by atoms with Gasteiger partial charge in [0.05, 0.1) is 28.0 Å². The predicted molar refractivity (Wildman–Crippen MR) is 134 cm³/mol. The highest BCUT2D eigenvalue weighted by molar-refractivity contribution is 8.26. The second-order valence-electron chi connectivity index (χ2n) is 8.73. The number of piperidine rings is 1. The van der Waals surface area contributed by atoms with Crippen molar-refractivity contribution in [1.82, 2.24) is 14.3 Å². The van der Waals surface area contributed by atoms with Crippen LogP contribution in [0, 0.1) is 0 Å². The summed E-state index contributed by atoms with van der Waals surface area (Å²) in [6.45, 7) is 2.91. The fraction of sp³-hybridized carbons (Fsp3) is 0.455. The number of carbonyl (C=O) groups is 1. The highest BCUT2D eigenvalue weighted by atomic mass is 32.2. The Morgan fingerprint density at radius 1 is 1.21 bits per heavy atom. The third-order valence-corrected chi connectivity index (χ3v) is 9.58. The molecule has 2 unspecified atom stereocenters. The van der Waals surface area contributed by atoms with Crippen LogP contribution in [0.5, 0.6) is 0 Å². The molecule has 3 saturated heterocycles. The molecule has 1 amide bonds. The summed E-state index contributed by atoms with van der Waals surface area (Å²) in [6, 6.07) is 5.17. The van der Waals surface area contributed by atoms with E-state index in [0.29, 0.717) is 32.7 Å². The number of sulfone groups is 1. The van der Waals surface area contributed by atoms with E-state index in [1.54, 1.807) is 24.4 Å². The topological polar surface area (TPSA) is 92.1 Å². The standard InChI is InChI=1S/C22H24N4O4S3/c1-14-6-2-4-9-24(14)19-16(20(27)25-10-5-3-7-18(25)23-19)12-17-21(28)26(22(31)32-17)15-8-11-33(29,30)13-15/h3,5,7,10,12,14-15H,2,4,6,8-9,11,13H2,1H3. The fourth-order valence-corrected chi connectivity index (χ4v) is 7.84. The average Bonchev–Trinajstić information content (AvgIpc) is 3.27. The molecule has 11 heteroatoms. The Hall–Kier alpha value is -2.24. The molecule has 0 saturated carbocycles. The van der Waals surface area contributed by atoms with Crippen LogP contribution in [-0.2, 0) is 14.6 Å². The summed E-state index contributed by atoms with van der Waals surface area (Å²) in [5, 5.41) is 0. The van der Waals surface area contributed by atoms with Gasteiger partial charge < -0.3 is 4.90 Å². The van der Waals surface area contributed by atoms with Crippen molar-refractivity contribution < 1.29 is 13.2 Å². The maximum Gasteiger partial charge on any atom is 0.267 e. The van der Waals surface area contributed by atoms with Crippen LogP contribution in [0.15, 0.2) is 34.1 Å². The lowest BCUT2D eigenvalue weighted by Gasteiger charge is -2.35. The minimum absolute atomic E-state index is 0.0563. The van der Waals surface area contributed by atoms with Crippen LogP contribution in [0.2, 0.25) is 0 Å². The summed E-state index contributed by atoms with van der Waals surface area (Å²) in [4.78, 5) is 35.4. The molecule has 174 valence electrons. The Balaban J connectivity index is 1.60. The quantitative estimate of drug-likeness (QED) is 0.465. The van der Waals surface area contributed by atoms with Crippen LogP contribution in [-0.4, -0.2) is 63.1 Å². The second-order valence-corrected chi connectivity index (χ2v) is 12.6. The van der Waals surface area contributed by atoms with Crippen molar-refractivity contribution in [2.24, 2.45) is 0 Å². The number of aromatic nitrogens is 2. The van der Waals surface area contributed by atoms with Gasteiger partial charge in [0.1, 0.15) is 15.8 Å². The predicted octanol–water partition coefficient (Wildman–Crippen LogP) is 2.46. The van der Waals surface area contributed by atoms with Crippen LogP contribution < -0.4 is 10.5 Å². The molecule has 3 fully saturated rings. The van der Waals surface area contributed by atoms with Crippen LogP contribution in [0.1, 0.15) is 38.2 Å². The molecule has 0 aliphatic carbocycles. The van der Waals surface area contributed by atoms with Crippen molar-refractivity contribution in [2.75, 3.05) is 23.0 Å². The number of carbonyl (C=O) groups excluding carboxylic acids is 1. The number of rotatable bonds is 3. The van der Waals surface area contributed by atoms with E-state index in [9.17, 15) is 18.0 Å². The lowest BCUT2D eigenvalue weighted by Crippen LogP contribution is -2.40. The zero-order valence-corrected chi connectivity index (χ0v) is 20.6. The first-order valence-electron chi connectivity index (χ1n) is 11.0. The molecular formula is C22H24N4O4S3. The molecule has 2 aromatic rings. The van der Waals surface area contributed by atoms with E-state index in [1.807, 2.05) is 6.07 Å². The molecule has 0 aromatic carbocycles. The van der Waals surface area contributed by atoms with Gasteiger partial charge in [0, 0.05) is 18.8 Å². The van der Waals surface area contributed by atoms with Crippen LogP contribution in [0.4, 0.5) is 5.82 Å². The third kappa shape index (κ3) is 4.10. The fourth-order valence-electron chi connectivity index (χ4n) is 4.75. The highest BCUT2D eigenvalue weighted by Crippen LogP contribution is 2.37. The Labute approximate surface area is 201 Å². The minimum atomic E-state index is -3.17. The minimum Gasteiger partial charge on any atom is -0.353 e. The second kappa shape index (κ2) is 8.52. The van der Waals surface area contributed by atoms with E-state index in [1.165, 1.54) is 9.30 Å². The van der Waals surface area contributed by atoms with Gasteiger partial charge >= 0.3 is 0 Å². The van der Waals surface area contributed by atoms with E-state index >= 15 is 0 Å². The number of nitrogens with zero attached hydrogens (tertiary/aromatic N) is 4. The molecule has 0 radical (unpaired) electrons. The summed E-state index contributed by atoms with van der Waals surface area (Å²) in [6.07, 6.45) is 6.78. The SMILES string of the molecule is CC1CCCCN1c1nc2ccccn2c(=O)c1C=C1SC(=S)N(C2CCS(=O)(=O)C2)C1=O. The number of thiocarbonyl (C=S) groups is 1. The number of amides is 1. The first-order valence-corrected chi connectivity index (χ1v) is 14.1. The van der Waals surface area contributed by atoms with E-state index in [2.05, 4.69) is 11.8 Å². The summed E-state index contributed by atoms with van der Waals surface area (Å²) in [5.41, 5.74) is 0.658. The van der Waals surface area contributed by atoms with Gasteiger partial charge in [-0.1, -0.05) is 30.0 Å². The third-order valence-electron chi connectivity index (χ3n) is 6.50. The molecule has 8 nitrogen and oxygen atoms in total. The molecule has 33 heavy (non-hydrogen) atoms. The van der Waals surface area contributed by atoms with Gasteiger partial charge in [0.2, 0.25) is 0 Å². The molecule has 3 aliphatic heterocycles. The molecule has 2 aromatic heterocycles. The Bertz CT molecular complexity index is 1350. The molecule has 0 bridgehead atoms. The Morgan fingerprint density at radius 2 is 2.03 bits per heavy atom. The number of fused-ring (bicyclic) bond motifs is 1. The number of hydrogen-bond donors (Lipinski definition) is 0. The highest BCUT2D eigenvalue weighted by Gasteiger charge is 2.42. The van der Waals surface area contributed by atoms with Crippen molar-refractivity contribution in [3.63, 3.8) is 0 Å². The Morgan fingerprint density at radius 3 is 2.76 bits per heavy atom. The van der Waals surface area contributed by atoms with Crippen molar-refractivity contribution in [3.8, 4) is 0 Å². The number of hydrogen-bond acceptors (Lipinski definition) is 8. The molecule has 0 spiro atoms. The first-order chi connectivity index (χ1) is 15.7. The van der Waals surface area contributed by atoms with Crippen LogP contribution in [0.3, 0.4) is 0 Å². The Kier molecular flexibility index (Phi) is 5.82. The van der Waals surface area contributed by atoms with Gasteiger partial charge in [0.15, 0.2) is 9.84 Å². The molecule has 3 aliphatic rings. The zero-order chi connectivity index (χ0) is 23.3.